The molecule has 0 fully saturated rings. The zero-order chi connectivity index (χ0) is 14.0. The lowest BCUT2D eigenvalue weighted by Crippen LogP contribution is -2.28. The fourth-order valence-electron chi connectivity index (χ4n) is 1.56. The van der Waals surface area contributed by atoms with E-state index in [1.54, 1.807) is 18.5 Å². The van der Waals surface area contributed by atoms with Crippen LogP contribution in [0, 0.1) is 11.6 Å². The van der Waals surface area contributed by atoms with Crippen LogP contribution in [-0.4, -0.2) is 10.9 Å². The summed E-state index contributed by atoms with van der Waals surface area (Å²) in [5, 5.41) is 4.88. The average Bonchev–Trinajstić information content (AvgIpc) is 2.88. The largest absolute Gasteiger partial charge is 0.396 e. The van der Waals surface area contributed by atoms with Crippen molar-refractivity contribution in [2.75, 3.05) is 5.73 Å². The molecule has 100 valence electrons. The van der Waals surface area contributed by atoms with Crippen molar-refractivity contribution in [2.24, 2.45) is 0 Å². The summed E-state index contributed by atoms with van der Waals surface area (Å²) in [5.41, 5.74) is 4.37. The summed E-state index contributed by atoms with van der Waals surface area (Å²) in [6.45, 7) is 1.68. The number of carbonyl (C=O) groups is 1. The van der Waals surface area contributed by atoms with E-state index in [-0.39, 0.29) is 5.69 Å². The average molecular weight is 283 g/mol. The standard InChI is InChI=1S/C12H11F2N3OS/c1-6(12-16-4-5-19-12)17-11(18)9-7(13)2-3-8(15)10(9)14/h2-6H,15H2,1H3,(H,17,18). The predicted octanol–water partition coefficient (Wildman–Crippen LogP) is 2.49. The summed E-state index contributed by atoms with van der Waals surface area (Å²) in [6.07, 6.45) is 1.59. The van der Waals surface area contributed by atoms with Crippen molar-refractivity contribution in [3.8, 4) is 0 Å². The Labute approximate surface area is 112 Å². The van der Waals surface area contributed by atoms with Gasteiger partial charge in [-0.15, -0.1) is 11.3 Å². The number of nitrogens with zero attached hydrogens (tertiary/aromatic N) is 1. The molecule has 2 rings (SSSR count). The summed E-state index contributed by atoms with van der Waals surface area (Å²) >= 11 is 1.34. The second kappa shape index (κ2) is 5.31. The first-order valence-electron chi connectivity index (χ1n) is 5.44. The van der Waals surface area contributed by atoms with Gasteiger partial charge in [0.1, 0.15) is 16.4 Å². The van der Waals surface area contributed by atoms with Crippen molar-refractivity contribution in [1.82, 2.24) is 10.3 Å². The third-order valence-electron chi connectivity index (χ3n) is 2.52. The Bertz CT molecular complexity index is 601. The number of benzene rings is 1. The molecule has 0 saturated heterocycles. The van der Waals surface area contributed by atoms with E-state index in [1.165, 1.54) is 11.3 Å². The molecule has 1 unspecified atom stereocenters. The minimum absolute atomic E-state index is 0.270. The highest BCUT2D eigenvalue weighted by Crippen LogP contribution is 2.20. The van der Waals surface area contributed by atoms with E-state index in [1.807, 2.05) is 0 Å². The first kappa shape index (κ1) is 13.4. The highest BCUT2D eigenvalue weighted by molar-refractivity contribution is 7.09. The Balaban J connectivity index is 2.23. The fourth-order valence-corrected chi connectivity index (χ4v) is 2.20. The molecule has 1 amide bonds. The highest BCUT2D eigenvalue weighted by Gasteiger charge is 2.21. The highest BCUT2D eigenvalue weighted by atomic mass is 32.1. The SMILES string of the molecule is CC(NC(=O)c1c(F)ccc(N)c1F)c1nccs1. The van der Waals surface area contributed by atoms with E-state index in [0.29, 0.717) is 5.01 Å². The normalized spacial score (nSPS) is 12.2. The molecule has 1 aromatic heterocycles. The van der Waals surface area contributed by atoms with Crippen LogP contribution in [0.15, 0.2) is 23.7 Å². The molecule has 0 aliphatic rings. The van der Waals surface area contributed by atoms with Crippen LogP contribution in [0.4, 0.5) is 14.5 Å². The van der Waals surface area contributed by atoms with Crippen molar-refractivity contribution in [2.45, 2.75) is 13.0 Å². The Kier molecular flexibility index (Phi) is 3.75. The Morgan fingerprint density at radius 3 is 2.84 bits per heavy atom. The van der Waals surface area contributed by atoms with E-state index < -0.39 is 29.1 Å². The molecular weight excluding hydrogens is 272 g/mol. The molecule has 0 bridgehead atoms. The van der Waals surface area contributed by atoms with Gasteiger partial charge in [-0.05, 0) is 19.1 Å². The van der Waals surface area contributed by atoms with Crippen LogP contribution in [-0.2, 0) is 0 Å². The van der Waals surface area contributed by atoms with Gasteiger partial charge in [0.2, 0.25) is 0 Å². The maximum atomic E-state index is 13.7. The molecule has 4 nitrogen and oxygen atoms in total. The van der Waals surface area contributed by atoms with Gasteiger partial charge >= 0.3 is 0 Å². The Morgan fingerprint density at radius 2 is 2.21 bits per heavy atom. The number of anilines is 1. The number of halogens is 2. The van der Waals surface area contributed by atoms with Crippen LogP contribution in [0.25, 0.3) is 0 Å². The molecule has 3 N–H and O–H groups in total. The molecular formula is C12H11F2N3OS. The van der Waals surface area contributed by atoms with Crippen molar-refractivity contribution in [1.29, 1.82) is 0 Å². The smallest absolute Gasteiger partial charge is 0.257 e. The van der Waals surface area contributed by atoms with Crippen LogP contribution in [0.1, 0.15) is 28.3 Å². The number of nitrogens with two attached hydrogens (primary N) is 1. The monoisotopic (exact) mass is 283 g/mol. The molecule has 1 heterocycles. The van der Waals surface area contributed by atoms with Crippen LogP contribution in [0.3, 0.4) is 0 Å². The zero-order valence-electron chi connectivity index (χ0n) is 9.98. The lowest BCUT2D eigenvalue weighted by atomic mass is 10.1. The summed E-state index contributed by atoms with van der Waals surface area (Å²) in [5.74, 6) is -2.86. The first-order valence-corrected chi connectivity index (χ1v) is 6.32. The number of nitrogens with one attached hydrogen (secondary N) is 1. The Morgan fingerprint density at radius 1 is 1.47 bits per heavy atom. The van der Waals surface area contributed by atoms with E-state index in [0.717, 1.165) is 12.1 Å². The van der Waals surface area contributed by atoms with E-state index in [9.17, 15) is 13.6 Å². The number of nitrogen functional groups attached to an aromatic ring is 1. The summed E-state index contributed by atoms with van der Waals surface area (Å²) in [4.78, 5) is 15.9. The van der Waals surface area contributed by atoms with Crippen molar-refractivity contribution in [3.05, 3.63) is 45.9 Å². The predicted molar refractivity (Wildman–Crippen MR) is 68.8 cm³/mol. The van der Waals surface area contributed by atoms with Crippen LogP contribution in [0.2, 0.25) is 0 Å². The summed E-state index contributed by atoms with van der Waals surface area (Å²) in [7, 11) is 0. The van der Waals surface area contributed by atoms with Crippen molar-refractivity contribution < 1.29 is 13.6 Å². The molecule has 7 heteroatoms. The molecule has 0 saturated carbocycles. The van der Waals surface area contributed by atoms with Crippen LogP contribution >= 0.6 is 11.3 Å². The molecule has 0 radical (unpaired) electrons. The van der Waals surface area contributed by atoms with Gasteiger partial charge in [0.15, 0.2) is 5.82 Å². The van der Waals surface area contributed by atoms with E-state index in [2.05, 4.69) is 10.3 Å². The number of carbonyl (C=O) groups excluding carboxylic acids is 1. The Hall–Kier alpha value is -2.02. The topological polar surface area (TPSA) is 68.0 Å². The van der Waals surface area contributed by atoms with E-state index >= 15 is 0 Å². The second-order valence-corrected chi connectivity index (χ2v) is 4.82. The molecule has 1 atom stereocenters. The summed E-state index contributed by atoms with van der Waals surface area (Å²) in [6, 6.07) is 1.60. The molecule has 0 aliphatic carbocycles. The fraction of sp³-hybridized carbons (Fsp3) is 0.167. The van der Waals surface area contributed by atoms with Crippen LogP contribution in [0.5, 0.6) is 0 Å². The first-order chi connectivity index (χ1) is 9.00. The van der Waals surface area contributed by atoms with Gasteiger partial charge in [-0.1, -0.05) is 0 Å². The lowest BCUT2D eigenvalue weighted by Gasteiger charge is -2.12. The number of hydrogen-bond acceptors (Lipinski definition) is 4. The van der Waals surface area contributed by atoms with E-state index in [4.69, 9.17) is 5.73 Å². The van der Waals surface area contributed by atoms with Crippen LogP contribution < -0.4 is 11.1 Å². The van der Waals surface area contributed by atoms with Gasteiger partial charge < -0.3 is 11.1 Å². The van der Waals surface area contributed by atoms with Gasteiger partial charge in [-0.3, -0.25) is 4.79 Å². The lowest BCUT2D eigenvalue weighted by molar-refractivity contribution is 0.0931. The summed E-state index contributed by atoms with van der Waals surface area (Å²) < 4.78 is 27.2. The molecule has 0 aliphatic heterocycles. The zero-order valence-corrected chi connectivity index (χ0v) is 10.8. The van der Waals surface area contributed by atoms with Gasteiger partial charge in [0, 0.05) is 11.6 Å². The van der Waals surface area contributed by atoms with Gasteiger partial charge in [-0.2, -0.15) is 0 Å². The quantitative estimate of drug-likeness (QED) is 0.850. The minimum Gasteiger partial charge on any atom is -0.396 e. The maximum Gasteiger partial charge on any atom is 0.257 e. The third-order valence-corrected chi connectivity index (χ3v) is 3.48. The number of rotatable bonds is 3. The third kappa shape index (κ3) is 2.70. The second-order valence-electron chi connectivity index (χ2n) is 3.89. The number of hydrogen-bond donors (Lipinski definition) is 2. The number of thiazole rings is 1. The molecule has 1 aromatic carbocycles. The van der Waals surface area contributed by atoms with Gasteiger partial charge in [0.25, 0.3) is 5.91 Å². The molecule has 19 heavy (non-hydrogen) atoms. The van der Waals surface area contributed by atoms with Gasteiger partial charge in [-0.25, -0.2) is 13.8 Å². The molecule has 2 aromatic rings. The maximum absolute atomic E-state index is 13.7. The van der Waals surface area contributed by atoms with Crippen molar-refractivity contribution in [3.63, 3.8) is 0 Å². The number of amides is 1. The number of aromatic nitrogens is 1. The minimum atomic E-state index is -1.05. The van der Waals surface area contributed by atoms with Gasteiger partial charge in [0.05, 0.1) is 11.7 Å². The van der Waals surface area contributed by atoms with Crippen molar-refractivity contribution >= 4 is 22.9 Å². The molecule has 0 spiro atoms.